The molecule has 1 aromatic carbocycles. The van der Waals surface area contributed by atoms with Gasteiger partial charge in [-0.2, -0.15) is 13.9 Å². The highest BCUT2D eigenvalue weighted by Crippen LogP contribution is 2.34. The quantitative estimate of drug-likeness (QED) is 0.271. The number of Topliss-reactive ketones (excluding diaryl/α,β-unsaturated/α-hetero) is 1. The lowest BCUT2D eigenvalue weighted by atomic mass is 9.77. The van der Waals surface area contributed by atoms with Crippen LogP contribution in [0.2, 0.25) is 0 Å². The van der Waals surface area contributed by atoms with Gasteiger partial charge in [0.15, 0.2) is 5.78 Å². The first-order valence-corrected chi connectivity index (χ1v) is 18.1. The fourth-order valence-corrected chi connectivity index (χ4v) is 7.14. The molecule has 0 unspecified atom stereocenters. The van der Waals surface area contributed by atoms with E-state index in [-0.39, 0.29) is 22.3 Å². The lowest BCUT2D eigenvalue weighted by Gasteiger charge is -2.36. The van der Waals surface area contributed by atoms with Crippen molar-refractivity contribution in [1.29, 1.82) is 0 Å². The molecule has 1 aliphatic heterocycles. The standard InChI is InChI=1S/C35H45F3N8O4S/c1-5-46-20-26(18-40-46)35(37,38)34(50)42-31(23-8-6-21(2)7-9-23)28(47)17-25-11-10-24(16-27(25)36)22(3)30(41-32(48)29-19-39-43-51-29)33(49)45-14-12-44(4)13-15-45/h10-11,16,18-23,30-31H,5-9,12-15,17H2,1-4H3,(H,41,48)(H,42,50)/t21?,22-,23?,30+,31-/m0/s1. The topological polar surface area (TPSA) is 142 Å². The fraction of sp³-hybridized carbons (Fsp3) is 0.571. The summed E-state index contributed by atoms with van der Waals surface area (Å²) < 4.78 is 51.4. The predicted octanol–water partition coefficient (Wildman–Crippen LogP) is 3.78. The first kappa shape index (κ1) is 38.1. The fourth-order valence-electron chi connectivity index (χ4n) is 6.73. The van der Waals surface area contributed by atoms with Gasteiger partial charge in [-0.25, -0.2) is 4.39 Å². The average Bonchev–Trinajstić information content (AvgIpc) is 3.84. The van der Waals surface area contributed by atoms with Crippen LogP contribution in [0, 0.1) is 17.7 Å². The van der Waals surface area contributed by atoms with Gasteiger partial charge in [0, 0.05) is 51.3 Å². The number of ketones is 1. The first-order valence-electron chi connectivity index (χ1n) is 17.4. The summed E-state index contributed by atoms with van der Waals surface area (Å²) in [6, 6.07) is 1.98. The van der Waals surface area contributed by atoms with Crippen molar-refractivity contribution in [3.63, 3.8) is 0 Å². The molecule has 5 rings (SSSR count). The summed E-state index contributed by atoms with van der Waals surface area (Å²) >= 11 is 0.888. The number of aromatic nitrogens is 4. The van der Waals surface area contributed by atoms with Crippen LogP contribution < -0.4 is 10.6 Å². The van der Waals surface area contributed by atoms with E-state index in [1.165, 1.54) is 23.0 Å². The van der Waals surface area contributed by atoms with Gasteiger partial charge in [0.25, 0.3) is 11.8 Å². The molecule has 0 spiro atoms. The van der Waals surface area contributed by atoms with Gasteiger partial charge in [-0.15, -0.1) is 5.10 Å². The zero-order valence-corrected chi connectivity index (χ0v) is 30.1. The van der Waals surface area contributed by atoms with E-state index in [1.807, 2.05) is 7.05 Å². The minimum absolute atomic E-state index is 0.0251. The van der Waals surface area contributed by atoms with Gasteiger partial charge in [0.2, 0.25) is 5.91 Å². The molecule has 3 heterocycles. The number of nitrogens with zero attached hydrogens (tertiary/aromatic N) is 6. The summed E-state index contributed by atoms with van der Waals surface area (Å²) in [6.07, 6.45) is 5.57. The van der Waals surface area contributed by atoms with Gasteiger partial charge in [-0.3, -0.25) is 23.9 Å². The second kappa shape index (κ2) is 16.4. The van der Waals surface area contributed by atoms with Crippen molar-refractivity contribution >= 4 is 35.0 Å². The van der Waals surface area contributed by atoms with Crippen molar-refractivity contribution in [2.75, 3.05) is 33.2 Å². The number of aryl methyl sites for hydroxylation is 1. The zero-order valence-electron chi connectivity index (χ0n) is 29.3. The van der Waals surface area contributed by atoms with Gasteiger partial charge in [0.05, 0.1) is 24.0 Å². The monoisotopic (exact) mass is 730 g/mol. The van der Waals surface area contributed by atoms with Gasteiger partial charge < -0.3 is 20.4 Å². The van der Waals surface area contributed by atoms with Gasteiger partial charge in [0.1, 0.15) is 16.7 Å². The van der Waals surface area contributed by atoms with E-state index in [0.717, 1.165) is 36.8 Å². The van der Waals surface area contributed by atoms with Crippen LogP contribution >= 0.6 is 11.5 Å². The zero-order chi connectivity index (χ0) is 36.9. The van der Waals surface area contributed by atoms with Crippen molar-refractivity contribution in [2.24, 2.45) is 11.8 Å². The molecular formula is C35H45F3N8O4S. The van der Waals surface area contributed by atoms with Gasteiger partial charge in [-0.1, -0.05) is 43.3 Å². The Balaban J connectivity index is 1.34. The Hall–Kier alpha value is -4.18. The number of amides is 3. The number of likely N-dealkylation sites (N-methyl/N-ethyl adjacent to an activating group) is 1. The molecule has 3 amide bonds. The van der Waals surface area contributed by atoms with E-state index in [4.69, 9.17) is 0 Å². The van der Waals surface area contributed by atoms with Crippen molar-refractivity contribution in [2.45, 2.75) is 83.3 Å². The Labute approximate surface area is 299 Å². The van der Waals surface area contributed by atoms with E-state index in [9.17, 15) is 19.2 Å². The number of hydrogen-bond acceptors (Lipinski definition) is 9. The molecule has 2 N–H and O–H groups in total. The van der Waals surface area contributed by atoms with E-state index >= 15 is 13.2 Å². The number of carbonyl (C=O) groups is 4. The second-order valence-corrected chi connectivity index (χ2v) is 14.6. The van der Waals surface area contributed by atoms with E-state index in [0.29, 0.717) is 57.0 Å². The molecule has 16 heteroatoms. The SMILES string of the molecule is CCn1cc(C(F)(F)C(=O)N[C@H](C(=O)Cc2ccc([C@H](C)[C@@H](NC(=O)c3cnns3)C(=O)N3CCN(C)CC3)cc2F)C2CCC(C)CC2)cn1. The lowest BCUT2D eigenvalue weighted by Crippen LogP contribution is -2.55. The van der Waals surface area contributed by atoms with Crippen LogP contribution in [0.1, 0.15) is 78.7 Å². The average molecular weight is 731 g/mol. The highest BCUT2D eigenvalue weighted by atomic mass is 32.1. The Bertz CT molecular complexity index is 1690. The van der Waals surface area contributed by atoms with Crippen molar-refractivity contribution in [3.8, 4) is 0 Å². The van der Waals surface area contributed by atoms with Crippen LogP contribution in [-0.2, 0) is 33.3 Å². The van der Waals surface area contributed by atoms with E-state index in [2.05, 4.69) is 37.1 Å². The maximum atomic E-state index is 15.8. The molecule has 1 aliphatic carbocycles. The van der Waals surface area contributed by atoms with Gasteiger partial charge in [-0.05, 0) is 67.4 Å². The summed E-state index contributed by atoms with van der Waals surface area (Å²) in [5.41, 5.74) is -0.139. The third kappa shape index (κ3) is 9.01. The molecule has 2 aromatic heterocycles. The van der Waals surface area contributed by atoms with Crippen LogP contribution in [0.5, 0.6) is 0 Å². The number of alkyl halides is 2. The van der Waals surface area contributed by atoms with Gasteiger partial charge >= 0.3 is 5.92 Å². The molecular weight excluding hydrogens is 685 g/mol. The molecule has 1 saturated carbocycles. The summed E-state index contributed by atoms with van der Waals surface area (Å²) in [4.78, 5) is 57.6. The minimum atomic E-state index is -3.93. The Morgan fingerprint density at radius 3 is 2.35 bits per heavy atom. The number of halogens is 3. The van der Waals surface area contributed by atoms with Crippen molar-refractivity contribution < 1.29 is 32.3 Å². The Morgan fingerprint density at radius 2 is 1.75 bits per heavy atom. The van der Waals surface area contributed by atoms with Crippen LogP contribution in [0.15, 0.2) is 36.8 Å². The number of nitrogens with one attached hydrogen (secondary N) is 2. The highest BCUT2D eigenvalue weighted by Gasteiger charge is 2.45. The van der Waals surface area contributed by atoms with Crippen LogP contribution in [-0.4, -0.2) is 98.0 Å². The van der Waals surface area contributed by atoms with E-state index < -0.39 is 59.3 Å². The smallest absolute Gasteiger partial charge is 0.340 e. The predicted molar refractivity (Wildman–Crippen MR) is 184 cm³/mol. The maximum absolute atomic E-state index is 15.8. The number of rotatable bonds is 13. The Kier molecular flexibility index (Phi) is 12.3. The molecule has 276 valence electrons. The number of piperazine rings is 1. The summed E-state index contributed by atoms with van der Waals surface area (Å²) in [5, 5.41) is 12.7. The summed E-state index contributed by atoms with van der Waals surface area (Å²) in [5.74, 6) is -8.32. The molecule has 2 aliphatic rings. The summed E-state index contributed by atoms with van der Waals surface area (Å²) in [6.45, 7) is 8.13. The van der Waals surface area contributed by atoms with Crippen LogP contribution in [0.3, 0.4) is 0 Å². The van der Waals surface area contributed by atoms with Crippen molar-refractivity contribution in [3.05, 3.63) is 64.2 Å². The van der Waals surface area contributed by atoms with E-state index in [1.54, 1.807) is 24.8 Å². The van der Waals surface area contributed by atoms with Crippen LogP contribution in [0.4, 0.5) is 13.2 Å². The van der Waals surface area contributed by atoms with Crippen LogP contribution in [0.25, 0.3) is 0 Å². The largest absolute Gasteiger partial charge is 0.352 e. The normalized spacial score (nSPS) is 20.3. The summed E-state index contributed by atoms with van der Waals surface area (Å²) in [7, 11) is 1.96. The molecule has 0 bridgehead atoms. The third-order valence-electron chi connectivity index (χ3n) is 10.2. The number of carbonyl (C=O) groups excluding carboxylic acids is 4. The van der Waals surface area contributed by atoms with Crippen molar-refractivity contribution in [1.82, 2.24) is 39.8 Å². The number of benzene rings is 1. The first-order chi connectivity index (χ1) is 24.3. The maximum Gasteiger partial charge on any atom is 0.352 e. The molecule has 0 radical (unpaired) electrons. The lowest BCUT2D eigenvalue weighted by molar-refractivity contribution is -0.149. The highest BCUT2D eigenvalue weighted by molar-refractivity contribution is 7.07. The molecule has 51 heavy (non-hydrogen) atoms. The number of hydrogen-bond donors (Lipinski definition) is 2. The minimum Gasteiger partial charge on any atom is -0.340 e. The molecule has 3 atom stereocenters. The molecule has 1 saturated heterocycles. The third-order valence-corrected chi connectivity index (χ3v) is 10.9. The molecule has 12 nitrogen and oxygen atoms in total. The second-order valence-electron chi connectivity index (χ2n) is 13.8. The molecule has 3 aromatic rings. The Morgan fingerprint density at radius 1 is 1.04 bits per heavy atom. The molecule has 2 fully saturated rings.